The molecular weight excluding hydrogens is 546 g/mol. The molecule has 2 N–H and O–H groups in total. The van der Waals surface area contributed by atoms with Gasteiger partial charge in [0.15, 0.2) is 28.8 Å². The number of nitrogens with zero attached hydrogens (tertiary/aromatic N) is 2. The van der Waals surface area contributed by atoms with Gasteiger partial charge < -0.3 is 28.8 Å². The molecule has 12 heteroatoms. The van der Waals surface area contributed by atoms with E-state index in [1.165, 1.54) is 20.3 Å². The molecule has 1 aromatic heterocycles. The van der Waals surface area contributed by atoms with Gasteiger partial charge >= 0.3 is 5.97 Å². The molecule has 0 saturated heterocycles. The summed E-state index contributed by atoms with van der Waals surface area (Å²) in [5.41, 5.74) is 2.10. The van der Waals surface area contributed by atoms with Gasteiger partial charge in [0, 0.05) is 5.02 Å². The van der Waals surface area contributed by atoms with Gasteiger partial charge in [-0.05, 0) is 71.4 Å². The fourth-order valence-corrected chi connectivity index (χ4v) is 4.63. The number of rotatable bonds is 10. The number of hydrogen-bond acceptors (Lipinski definition) is 9. The number of aliphatic carboxylic acids is 1. The zero-order valence-corrected chi connectivity index (χ0v) is 22.3. The number of carbonyl (C=O) groups is 1. The lowest BCUT2D eigenvalue weighted by Crippen LogP contribution is -1.99. The van der Waals surface area contributed by atoms with Crippen LogP contribution in [-0.2, 0) is 11.4 Å². The smallest absolute Gasteiger partial charge is 0.342 e. The Bertz CT molecular complexity index is 1560. The first kappa shape index (κ1) is 26.3. The Kier molecular flexibility index (Phi) is 7.80. The van der Waals surface area contributed by atoms with Crippen molar-refractivity contribution in [1.29, 1.82) is 0 Å². The number of aromatic nitrogens is 3. The van der Waals surface area contributed by atoms with Crippen molar-refractivity contribution in [2.75, 3.05) is 21.0 Å². The number of H-pyrrole nitrogens is 1. The molecule has 0 spiro atoms. The van der Waals surface area contributed by atoms with E-state index in [1.54, 1.807) is 36.4 Å². The summed E-state index contributed by atoms with van der Waals surface area (Å²) >= 11 is 7.01. The first-order valence-corrected chi connectivity index (χ1v) is 12.7. The number of benzene rings is 3. The standard InChI is InChI=1S/C27H22ClN3O7S/c1-34-19-8-5-17(28)12-18(19)25-29-27(31-30-25)39-24(26(32)33)11-15-3-6-20(22(9-15)35-2)36-13-16-4-7-21-23(10-16)38-14-37-21/h3-12H,13-14H2,1-2H3,(H,32,33)(H,29,30,31)/b24-11-. The highest BCUT2D eigenvalue weighted by atomic mass is 35.5. The highest BCUT2D eigenvalue weighted by molar-refractivity contribution is 8.04. The van der Waals surface area contributed by atoms with Gasteiger partial charge in [-0.2, -0.15) is 0 Å². The number of carboxylic acids is 1. The van der Waals surface area contributed by atoms with Crippen LogP contribution in [0, 0.1) is 0 Å². The predicted molar refractivity (Wildman–Crippen MR) is 145 cm³/mol. The monoisotopic (exact) mass is 567 g/mol. The second kappa shape index (κ2) is 11.6. The van der Waals surface area contributed by atoms with Crippen molar-refractivity contribution in [3.8, 4) is 40.1 Å². The van der Waals surface area contributed by atoms with Gasteiger partial charge in [0.25, 0.3) is 0 Å². The lowest BCUT2D eigenvalue weighted by Gasteiger charge is -2.12. The average molecular weight is 568 g/mol. The average Bonchev–Trinajstić information content (AvgIpc) is 3.61. The summed E-state index contributed by atoms with van der Waals surface area (Å²) < 4.78 is 27.5. The van der Waals surface area contributed by atoms with Crippen molar-refractivity contribution in [2.45, 2.75) is 11.8 Å². The van der Waals surface area contributed by atoms with Crippen LogP contribution in [0.25, 0.3) is 17.5 Å². The van der Waals surface area contributed by atoms with Crippen molar-refractivity contribution in [3.05, 3.63) is 75.7 Å². The molecule has 0 saturated carbocycles. The molecule has 0 amide bonds. The minimum absolute atomic E-state index is 0.00897. The van der Waals surface area contributed by atoms with E-state index >= 15 is 0 Å². The van der Waals surface area contributed by atoms with E-state index in [1.807, 2.05) is 18.2 Å². The van der Waals surface area contributed by atoms with Gasteiger partial charge in [0.1, 0.15) is 17.3 Å². The maximum absolute atomic E-state index is 12.0. The van der Waals surface area contributed by atoms with Crippen LogP contribution in [0.2, 0.25) is 5.02 Å². The van der Waals surface area contributed by atoms with Gasteiger partial charge in [-0.15, -0.1) is 5.10 Å². The molecule has 0 unspecified atom stereocenters. The van der Waals surface area contributed by atoms with Crippen LogP contribution < -0.4 is 23.7 Å². The number of halogens is 1. The largest absolute Gasteiger partial charge is 0.496 e. The van der Waals surface area contributed by atoms with Crippen molar-refractivity contribution < 1.29 is 33.6 Å². The van der Waals surface area contributed by atoms with Gasteiger partial charge in [-0.1, -0.05) is 23.7 Å². The van der Waals surface area contributed by atoms with Crippen LogP contribution in [0.15, 0.2) is 64.7 Å². The van der Waals surface area contributed by atoms with Crippen LogP contribution in [0.4, 0.5) is 0 Å². The second-order valence-corrected chi connectivity index (χ2v) is 9.56. The maximum Gasteiger partial charge on any atom is 0.342 e. The van der Waals surface area contributed by atoms with Crippen molar-refractivity contribution >= 4 is 35.4 Å². The van der Waals surface area contributed by atoms with E-state index in [2.05, 4.69) is 15.2 Å². The Hall–Kier alpha value is -4.35. The fraction of sp³-hybridized carbons (Fsp3) is 0.148. The number of aromatic amines is 1. The van der Waals surface area contributed by atoms with Gasteiger partial charge in [-0.3, -0.25) is 5.10 Å². The Balaban J connectivity index is 1.32. The van der Waals surface area contributed by atoms with E-state index in [0.29, 0.717) is 50.7 Å². The summed E-state index contributed by atoms with van der Waals surface area (Å²) in [4.78, 5) is 16.4. The van der Waals surface area contributed by atoms with Crippen molar-refractivity contribution in [3.63, 3.8) is 0 Å². The minimum Gasteiger partial charge on any atom is -0.496 e. The van der Waals surface area contributed by atoms with E-state index in [4.69, 9.17) is 35.3 Å². The van der Waals surface area contributed by atoms with Crippen LogP contribution in [0.1, 0.15) is 11.1 Å². The first-order chi connectivity index (χ1) is 18.9. The molecule has 0 radical (unpaired) electrons. The fourth-order valence-electron chi connectivity index (χ4n) is 3.75. The molecule has 1 aliphatic rings. The number of methoxy groups -OCH3 is 2. The van der Waals surface area contributed by atoms with Crippen LogP contribution >= 0.6 is 23.4 Å². The van der Waals surface area contributed by atoms with Crippen LogP contribution in [0.5, 0.6) is 28.7 Å². The third-order valence-corrected chi connectivity index (χ3v) is 6.72. The SMILES string of the molecule is COc1cc(/C=C(\Sc2n[nH]c(-c3cc(Cl)ccc3OC)n2)C(=O)O)ccc1OCc1ccc2c(c1)OCO2. The molecule has 1 aliphatic heterocycles. The summed E-state index contributed by atoms with van der Waals surface area (Å²) in [7, 11) is 3.05. The van der Waals surface area contributed by atoms with E-state index in [9.17, 15) is 9.90 Å². The molecule has 39 heavy (non-hydrogen) atoms. The third-order valence-electron chi connectivity index (χ3n) is 5.61. The summed E-state index contributed by atoms with van der Waals surface area (Å²) in [6.07, 6.45) is 1.51. The zero-order chi connectivity index (χ0) is 27.4. The lowest BCUT2D eigenvalue weighted by atomic mass is 10.2. The molecule has 3 aromatic carbocycles. The van der Waals surface area contributed by atoms with Gasteiger partial charge in [-0.25, -0.2) is 9.78 Å². The second-order valence-electron chi connectivity index (χ2n) is 8.11. The summed E-state index contributed by atoms with van der Waals surface area (Å²) in [5, 5.41) is 17.5. The first-order valence-electron chi connectivity index (χ1n) is 11.5. The van der Waals surface area contributed by atoms with Crippen molar-refractivity contribution in [2.24, 2.45) is 0 Å². The number of thioether (sulfide) groups is 1. The number of hydrogen-bond donors (Lipinski definition) is 2. The Morgan fingerprint density at radius 2 is 1.85 bits per heavy atom. The maximum atomic E-state index is 12.0. The molecular formula is C27H22ClN3O7S. The van der Waals surface area contributed by atoms with E-state index in [0.717, 1.165) is 17.3 Å². The topological polar surface area (TPSA) is 125 Å². The molecule has 2 heterocycles. The molecule has 0 bridgehead atoms. The van der Waals surface area contributed by atoms with Gasteiger partial charge in [0.05, 0.1) is 19.8 Å². The molecule has 0 atom stereocenters. The minimum atomic E-state index is -1.13. The predicted octanol–water partition coefficient (Wildman–Crippen LogP) is 5.67. The number of carboxylic acid groups (broad SMARTS) is 1. The Labute approximate surface area is 232 Å². The Morgan fingerprint density at radius 1 is 1.05 bits per heavy atom. The zero-order valence-electron chi connectivity index (χ0n) is 20.8. The van der Waals surface area contributed by atoms with Crippen LogP contribution in [0.3, 0.4) is 0 Å². The lowest BCUT2D eigenvalue weighted by molar-refractivity contribution is -0.131. The quantitative estimate of drug-likeness (QED) is 0.183. The van der Waals surface area contributed by atoms with Gasteiger partial charge in [0.2, 0.25) is 11.9 Å². The number of fused-ring (bicyclic) bond motifs is 1. The normalized spacial score (nSPS) is 12.3. The molecule has 0 aliphatic carbocycles. The molecule has 4 aromatic rings. The number of nitrogens with one attached hydrogen (secondary N) is 1. The van der Waals surface area contributed by atoms with E-state index < -0.39 is 5.97 Å². The third kappa shape index (κ3) is 6.05. The molecule has 0 fully saturated rings. The highest BCUT2D eigenvalue weighted by Crippen LogP contribution is 2.36. The summed E-state index contributed by atoms with van der Waals surface area (Å²) in [5.74, 6) is 2.14. The molecule has 5 rings (SSSR count). The summed E-state index contributed by atoms with van der Waals surface area (Å²) in [6.45, 7) is 0.482. The van der Waals surface area contributed by atoms with Crippen molar-refractivity contribution in [1.82, 2.24) is 15.2 Å². The molecule has 10 nitrogen and oxygen atoms in total. The Morgan fingerprint density at radius 3 is 2.64 bits per heavy atom. The van der Waals surface area contributed by atoms with E-state index in [-0.39, 0.29) is 23.5 Å². The summed E-state index contributed by atoms with van der Waals surface area (Å²) in [6, 6.07) is 15.8. The molecule has 200 valence electrons. The highest BCUT2D eigenvalue weighted by Gasteiger charge is 2.18. The number of ether oxygens (including phenoxy) is 5. The van der Waals surface area contributed by atoms with Crippen LogP contribution in [-0.4, -0.2) is 47.3 Å².